The lowest BCUT2D eigenvalue weighted by molar-refractivity contribution is -0.117. The highest BCUT2D eigenvalue weighted by molar-refractivity contribution is 6.01. The van der Waals surface area contributed by atoms with Gasteiger partial charge < -0.3 is 4.90 Å². The Morgan fingerprint density at radius 1 is 0.968 bits per heavy atom. The van der Waals surface area contributed by atoms with Gasteiger partial charge in [0.2, 0.25) is 5.91 Å². The summed E-state index contributed by atoms with van der Waals surface area (Å²) in [6.45, 7) is 6.33. The molecule has 1 amide bonds. The fourth-order valence-corrected chi connectivity index (χ4v) is 5.31. The molecule has 1 aliphatic carbocycles. The fourth-order valence-electron chi connectivity index (χ4n) is 5.31. The highest BCUT2D eigenvalue weighted by atomic mass is 16.2. The molecule has 31 heavy (non-hydrogen) atoms. The second-order valence-electron chi connectivity index (χ2n) is 9.36. The zero-order chi connectivity index (χ0) is 21.5. The number of benzene rings is 2. The number of rotatable bonds is 10. The summed E-state index contributed by atoms with van der Waals surface area (Å²) in [6, 6.07) is 17.6. The van der Waals surface area contributed by atoms with E-state index < -0.39 is 0 Å². The molecule has 2 aliphatic rings. The molecule has 3 heteroatoms. The first-order valence-electron chi connectivity index (χ1n) is 12.4. The van der Waals surface area contributed by atoms with E-state index in [9.17, 15) is 4.79 Å². The van der Waals surface area contributed by atoms with Crippen LogP contribution in [0.4, 0.5) is 5.69 Å². The van der Waals surface area contributed by atoms with Gasteiger partial charge in [0, 0.05) is 18.8 Å². The van der Waals surface area contributed by atoms with Crippen LogP contribution in [0.5, 0.6) is 0 Å². The van der Waals surface area contributed by atoms with E-state index in [0.717, 1.165) is 32.6 Å². The van der Waals surface area contributed by atoms with Crippen molar-refractivity contribution in [3.05, 3.63) is 65.2 Å². The van der Waals surface area contributed by atoms with E-state index in [1.54, 1.807) is 0 Å². The average molecular weight is 419 g/mol. The molecule has 0 spiro atoms. The Hall–Kier alpha value is -2.13. The molecule has 2 aromatic rings. The molecule has 0 unspecified atom stereocenters. The quantitative estimate of drug-likeness (QED) is 0.422. The normalized spacial score (nSPS) is 16.8. The van der Waals surface area contributed by atoms with E-state index in [2.05, 4.69) is 60.4 Å². The molecule has 0 atom stereocenters. The van der Waals surface area contributed by atoms with Crippen molar-refractivity contribution in [3.8, 4) is 0 Å². The topological polar surface area (TPSA) is 23.6 Å². The number of fused-ring (bicyclic) bond motifs is 1. The summed E-state index contributed by atoms with van der Waals surface area (Å²) in [5, 5.41) is 0. The smallest absolute Gasteiger partial charge is 0.231 e. The summed E-state index contributed by atoms with van der Waals surface area (Å²) < 4.78 is 0. The Bertz CT molecular complexity index is 841. The number of carbonyl (C=O) groups excluding carboxylic acids is 1. The van der Waals surface area contributed by atoms with Crippen LogP contribution in [-0.4, -0.2) is 30.4 Å². The molecule has 0 N–H and O–H groups in total. The zero-order valence-corrected chi connectivity index (χ0v) is 19.2. The number of amides is 1. The maximum atomic E-state index is 12.7. The van der Waals surface area contributed by atoms with Crippen molar-refractivity contribution in [3.63, 3.8) is 0 Å². The largest absolute Gasteiger partial charge is 0.312 e. The van der Waals surface area contributed by atoms with Gasteiger partial charge in [0.25, 0.3) is 0 Å². The Balaban J connectivity index is 1.23. The number of anilines is 1. The molecular weight excluding hydrogens is 380 g/mol. The first-order valence-corrected chi connectivity index (χ1v) is 12.4. The lowest BCUT2D eigenvalue weighted by Crippen LogP contribution is -2.28. The molecule has 1 aliphatic heterocycles. The first-order chi connectivity index (χ1) is 15.2. The van der Waals surface area contributed by atoms with E-state index >= 15 is 0 Å². The molecule has 0 radical (unpaired) electrons. The highest BCUT2D eigenvalue weighted by Gasteiger charge is 2.28. The van der Waals surface area contributed by atoms with Crippen LogP contribution in [0.15, 0.2) is 48.5 Å². The molecule has 1 heterocycles. The van der Waals surface area contributed by atoms with Gasteiger partial charge >= 0.3 is 0 Å². The van der Waals surface area contributed by atoms with E-state index in [-0.39, 0.29) is 5.91 Å². The fraction of sp³-hybridized carbons (Fsp3) is 0.536. The lowest BCUT2D eigenvalue weighted by Gasteiger charge is -2.23. The van der Waals surface area contributed by atoms with Crippen LogP contribution in [0.25, 0.3) is 0 Å². The minimum Gasteiger partial charge on any atom is -0.312 e. The Morgan fingerprint density at radius 2 is 1.77 bits per heavy atom. The maximum Gasteiger partial charge on any atom is 0.231 e. The van der Waals surface area contributed by atoms with Gasteiger partial charge in [0.15, 0.2) is 0 Å². The molecule has 0 bridgehead atoms. The van der Waals surface area contributed by atoms with Gasteiger partial charge in [-0.1, -0.05) is 75.1 Å². The number of nitrogens with zero attached hydrogens (tertiary/aromatic N) is 2. The van der Waals surface area contributed by atoms with E-state index in [1.165, 1.54) is 67.3 Å². The molecule has 1 saturated carbocycles. The second-order valence-corrected chi connectivity index (χ2v) is 9.36. The summed E-state index contributed by atoms with van der Waals surface area (Å²) in [6.07, 6.45) is 10.8. The summed E-state index contributed by atoms with van der Waals surface area (Å²) in [5.74, 6) is 0.996. The molecule has 4 rings (SSSR count). The molecule has 166 valence electrons. The van der Waals surface area contributed by atoms with Crippen LogP contribution in [0.3, 0.4) is 0 Å². The molecular formula is C28H38N2O. The van der Waals surface area contributed by atoms with E-state index in [1.807, 2.05) is 4.90 Å². The average Bonchev–Trinajstić information content (AvgIpc) is 3.13. The van der Waals surface area contributed by atoms with Crippen molar-refractivity contribution in [2.75, 3.05) is 24.5 Å². The zero-order valence-electron chi connectivity index (χ0n) is 19.2. The third-order valence-electron chi connectivity index (χ3n) is 7.17. The molecule has 3 nitrogen and oxygen atoms in total. The van der Waals surface area contributed by atoms with Crippen LogP contribution in [-0.2, 0) is 17.8 Å². The Labute approximate surface area is 188 Å². The molecule has 0 saturated heterocycles. The van der Waals surface area contributed by atoms with Crippen molar-refractivity contribution >= 4 is 11.6 Å². The Kier molecular flexibility index (Phi) is 7.80. The minimum absolute atomic E-state index is 0.287. The molecule has 2 aromatic carbocycles. The van der Waals surface area contributed by atoms with Gasteiger partial charge in [-0.05, 0) is 67.4 Å². The van der Waals surface area contributed by atoms with Gasteiger partial charge in [0.1, 0.15) is 0 Å². The van der Waals surface area contributed by atoms with Crippen molar-refractivity contribution in [2.45, 2.75) is 77.2 Å². The SMILES string of the molecule is CCN(CCCCCN1C(=O)Cc2cc(C3CCCCC3)ccc21)Cc1ccccc1. The van der Waals surface area contributed by atoms with E-state index in [4.69, 9.17) is 0 Å². The van der Waals surface area contributed by atoms with Gasteiger partial charge in [-0.15, -0.1) is 0 Å². The van der Waals surface area contributed by atoms with Crippen molar-refractivity contribution in [1.29, 1.82) is 0 Å². The summed E-state index contributed by atoms with van der Waals surface area (Å²) in [7, 11) is 0. The van der Waals surface area contributed by atoms with Crippen LogP contribution in [0.1, 0.15) is 80.9 Å². The van der Waals surface area contributed by atoms with Crippen molar-refractivity contribution < 1.29 is 4.79 Å². The van der Waals surface area contributed by atoms with Crippen LogP contribution in [0.2, 0.25) is 0 Å². The van der Waals surface area contributed by atoms with Gasteiger partial charge in [0.05, 0.1) is 6.42 Å². The predicted octanol–water partition coefficient (Wildman–Crippen LogP) is 6.32. The van der Waals surface area contributed by atoms with Crippen molar-refractivity contribution in [1.82, 2.24) is 4.90 Å². The number of unbranched alkanes of at least 4 members (excludes halogenated alkanes) is 2. The summed E-state index contributed by atoms with van der Waals surface area (Å²) in [4.78, 5) is 17.2. The predicted molar refractivity (Wildman–Crippen MR) is 130 cm³/mol. The number of hydrogen-bond donors (Lipinski definition) is 0. The minimum atomic E-state index is 0.287. The van der Waals surface area contributed by atoms with Crippen LogP contribution >= 0.6 is 0 Å². The van der Waals surface area contributed by atoms with Gasteiger partial charge in [-0.25, -0.2) is 0 Å². The molecule has 1 fully saturated rings. The van der Waals surface area contributed by atoms with Crippen LogP contribution < -0.4 is 4.90 Å². The summed E-state index contributed by atoms with van der Waals surface area (Å²) >= 11 is 0. The highest BCUT2D eigenvalue weighted by Crippen LogP contribution is 2.37. The van der Waals surface area contributed by atoms with E-state index in [0.29, 0.717) is 12.3 Å². The third kappa shape index (κ3) is 5.77. The first kappa shape index (κ1) is 22.1. The standard InChI is InChI=1S/C28H38N2O/c1-2-29(22-23-12-6-3-7-13-23)18-10-5-11-19-30-27-17-16-25(20-26(27)21-28(30)31)24-14-8-4-9-15-24/h3,6-7,12-13,16-17,20,24H,2,4-5,8-11,14-15,18-19,21-22H2,1H3. The maximum absolute atomic E-state index is 12.7. The monoisotopic (exact) mass is 418 g/mol. The summed E-state index contributed by atoms with van der Waals surface area (Å²) in [5.41, 5.74) is 5.28. The van der Waals surface area contributed by atoms with Crippen LogP contribution in [0, 0.1) is 0 Å². The third-order valence-corrected chi connectivity index (χ3v) is 7.17. The van der Waals surface area contributed by atoms with Gasteiger partial charge in [-0.2, -0.15) is 0 Å². The lowest BCUT2D eigenvalue weighted by atomic mass is 9.83. The number of carbonyl (C=O) groups is 1. The van der Waals surface area contributed by atoms with Crippen molar-refractivity contribution in [2.24, 2.45) is 0 Å². The van der Waals surface area contributed by atoms with Gasteiger partial charge in [-0.3, -0.25) is 9.69 Å². The molecule has 0 aromatic heterocycles. The second kappa shape index (κ2) is 10.9. The number of hydrogen-bond acceptors (Lipinski definition) is 2. The Morgan fingerprint density at radius 3 is 2.55 bits per heavy atom.